The third-order valence-corrected chi connectivity index (χ3v) is 5.53. The number of carboxylic acid groups (broad SMARTS) is 1. The predicted molar refractivity (Wildman–Crippen MR) is 104 cm³/mol. The van der Waals surface area contributed by atoms with Crippen LogP contribution in [0.15, 0.2) is 0 Å². The monoisotopic (exact) mass is 384 g/mol. The van der Waals surface area contributed by atoms with Crippen LogP contribution in [-0.4, -0.2) is 103 Å². The van der Waals surface area contributed by atoms with Crippen molar-refractivity contribution in [3.8, 4) is 0 Å². The van der Waals surface area contributed by atoms with Crippen LogP contribution in [0.3, 0.4) is 0 Å². The molecule has 0 saturated carbocycles. The molecule has 2 aliphatic rings. The first-order valence-corrected chi connectivity index (χ1v) is 9.97. The molecule has 2 heterocycles. The van der Waals surface area contributed by atoms with Gasteiger partial charge in [-0.15, -0.1) is 0 Å². The van der Waals surface area contributed by atoms with Gasteiger partial charge in [0.15, 0.2) is 0 Å². The maximum absolute atomic E-state index is 12.6. The summed E-state index contributed by atoms with van der Waals surface area (Å²) in [7, 11) is 1.75. The van der Waals surface area contributed by atoms with Gasteiger partial charge in [0.05, 0.1) is 19.3 Å². The quantitative estimate of drug-likeness (QED) is 0.679. The summed E-state index contributed by atoms with van der Waals surface area (Å²) >= 11 is 0. The molecular weight excluding hydrogens is 348 g/mol. The second-order valence-corrected chi connectivity index (χ2v) is 8.69. The lowest BCUT2D eigenvalue weighted by atomic mass is 9.93. The minimum absolute atomic E-state index is 0.0332. The number of hydrogen-bond donors (Lipinski definition) is 2. The van der Waals surface area contributed by atoms with Crippen LogP contribution in [0, 0.1) is 5.92 Å². The number of morpholine rings is 1. The number of amides is 2. The SMILES string of the molecule is CC1CCCN(C(C)(C)CNC(=O)N2CCOC(CN(C)CC(=O)O)C2)C1. The maximum Gasteiger partial charge on any atom is 0.317 e. The van der Waals surface area contributed by atoms with Crippen LogP contribution in [0.25, 0.3) is 0 Å². The Kier molecular flexibility index (Phi) is 7.88. The smallest absolute Gasteiger partial charge is 0.317 e. The van der Waals surface area contributed by atoms with Crippen molar-refractivity contribution in [3.05, 3.63) is 0 Å². The highest BCUT2D eigenvalue weighted by atomic mass is 16.5. The highest BCUT2D eigenvalue weighted by Crippen LogP contribution is 2.23. The number of carbonyl (C=O) groups is 2. The molecular formula is C19H36N4O4. The number of nitrogens with zero attached hydrogens (tertiary/aromatic N) is 3. The first kappa shape index (κ1) is 21.9. The third kappa shape index (κ3) is 6.93. The summed E-state index contributed by atoms with van der Waals surface area (Å²) in [6.07, 6.45) is 2.34. The Morgan fingerprint density at radius 3 is 2.70 bits per heavy atom. The fourth-order valence-corrected chi connectivity index (χ4v) is 3.91. The van der Waals surface area contributed by atoms with E-state index in [0.29, 0.717) is 38.7 Å². The normalized spacial score (nSPS) is 24.9. The summed E-state index contributed by atoms with van der Waals surface area (Å²) in [5.41, 5.74) is -0.0717. The molecule has 2 fully saturated rings. The molecule has 2 N–H and O–H groups in total. The zero-order valence-corrected chi connectivity index (χ0v) is 17.2. The van der Waals surface area contributed by atoms with Crippen molar-refractivity contribution < 1.29 is 19.4 Å². The van der Waals surface area contributed by atoms with Gasteiger partial charge in [-0.25, -0.2) is 4.79 Å². The number of hydrogen-bond acceptors (Lipinski definition) is 5. The van der Waals surface area contributed by atoms with E-state index in [9.17, 15) is 9.59 Å². The largest absolute Gasteiger partial charge is 0.480 e. The van der Waals surface area contributed by atoms with E-state index in [4.69, 9.17) is 9.84 Å². The molecule has 27 heavy (non-hydrogen) atoms. The van der Waals surface area contributed by atoms with E-state index in [1.54, 1.807) is 16.8 Å². The molecule has 0 bridgehead atoms. The van der Waals surface area contributed by atoms with Crippen LogP contribution >= 0.6 is 0 Å². The molecule has 0 aromatic carbocycles. The molecule has 2 amide bonds. The number of carbonyl (C=O) groups excluding carboxylic acids is 1. The molecule has 2 aliphatic heterocycles. The first-order valence-electron chi connectivity index (χ1n) is 9.97. The molecule has 0 aromatic rings. The Hall–Kier alpha value is -1.38. The van der Waals surface area contributed by atoms with Crippen molar-refractivity contribution in [1.29, 1.82) is 0 Å². The van der Waals surface area contributed by atoms with Gasteiger partial charge in [0.2, 0.25) is 0 Å². The lowest BCUT2D eigenvalue weighted by molar-refractivity contribution is -0.138. The number of rotatable bonds is 7. The van der Waals surface area contributed by atoms with Crippen molar-refractivity contribution >= 4 is 12.0 Å². The van der Waals surface area contributed by atoms with Crippen LogP contribution in [0.4, 0.5) is 4.79 Å². The lowest BCUT2D eigenvalue weighted by Crippen LogP contribution is -2.58. The van der Waals surface area contributed by atoms with Crippen molar-refractivity contribution in [1.82, 2.24) is 20.0 Å². The minimum atomic E-state index is -0.864. The zero-order chi connectivity index (χ0) is 20.0. The fraction of sp³-hybridized carbons (Fsp3) is 0.895. The molecule has 8 nitrogen and oxygen atoms in total. The fourth-order valence-electron chi connectivity index (χ4n) is 3.91. The van der Waals surface area contributed by atoms with Gasteiger partial charge in [-0.1, -0.05) is 6.92 Å². The molecule has 0 radical (unpaired) electrons. The van der Waals surface area contributed by atoms with E-state index in [0.717, 1.165) is 13.1 Å². The zero-order valence-electron chi connectivity index (χ0n) is 17.2. The number of nitrogens with one attached hydrogen (secondary N) is 1. The van der Waals surface area contributed by atoms with Crippen molar-refractivity contribution in [2.75, 3.05) is 59.5 Å². The number of likely N-dealkylation sites (N-methyl/N-ethyl adjacent to an activating group) is 1. The van der Waals surface area contributed by atoms with Crippen LogP contribution in [0.5, 0.6) is 0 Å². The summed E-state index contributed by atoms with van der Waals surface area (Å²) < 4.78 is 5.70. The van der Waals surface area contributed by atoms with E-state index >= 15 is 0 Å². The lowest BCUT2D eigenvalue weighted by Gasteiger charge is -2.43. The number of carboxylic acids is 1. The van der Waals surface area contributed by atoms with Crippen LogP contribution < -0.4 is 5.32 Å². The highest BCUT2D eigenvalue weighted by molar-refractivity contribution is 5.74. The molecule has 156 valence electrons. The minimum Gasteiger partial charge on any atom is -0.480 e. The Balaban J connectivity index is 1.79. The number of likely N-dealkylation sites (tertiary alicyclic amines) is 1. The molecule has 8 heteroatoms. The first-order chi connectivity index (χ1) is 12.7. The molecule has 0 spiro atoms. The number of piperidine rings is 1. The average Bonchev–Trinajstić information content (AvgIpc) is 2.59. The number of ether oxygens (including phenoxy) is 1. The summed E-state index contributed by atoms with van der Waals surface area (Å²) in [5.74, 6) is -0.159. The number of aliphatic carboxylic acids is 1. The molecule has 2 unspecified atom stereocenters. The Bertz CT molecular complexity index is 514. The molecule has 2 rings (SSSR count). The molecule has 0 aliphatic carbocycles. The van der Waals surface area contributed by atoms with Gasteiger partial charge in [0.25, 0.3) is 0 Å². The van der Waals surface area contributed by atoms with Crippen molar-refractivity contribution in [3.63, 3.8) is 0 Å². The molecule has 2 saturated heterocycles. The van der Waals surface area contributed by atoms with Crippen LogP contribution in [0.1, 0.15) is 33.6 Å². The van der Waals surface area contributed by atoms with E-state index in [1.807, 2.05) is 0 Å². The summed E-state index contributed by atoms with van der Waals surface area (Å²) in [4.78, 5) is 29.4. The van der Waals surface area contributed by atoms with Gasteiger partial charge in [0, 0.05) is 38.3 Å². The number of urea groups is 1. The van der Waals surface area contributed by atoms with Gasteiger partial charge < -0.3 is 20.1 Å². The van der Waals surface area contributed by atoms with Crippen molar-refractivity contribution in [2.45, 2.75) is 45.3 Å². The highest BCUT2D eigenvalue weighted by Gasteiger charge is 2.32. The summed E-state index contributed by atoms with van der Waals surface area (Å²) in [5, 5.41) is 12.0. The second kappa shape index (κ2) is 9.71. The van der Waals surface area contributed by atoms with Crippen LogP contribution in [-0.2, 0) is 9.53 Å². The van der Waals surface area contributed by atoms with E-state index in [-0.39, 0.29) is 24.2 Å². The third-order valence-electron chi connectivity index (χ3n) is 5.53. The molecule has 0 aromatic heterocycles. The van der Waals surface area contributed by atoms with Gasteiger partial charge in [-0.3, -0.25) is 14.6 Å². The predicted octanol–water partition coefficient (Wildman–Crippen LogP) is 0.924. The van der Waals surface area contributed by atoms with E-state index in [1.165, 1.54) is 12.8 Å². The van der Waals surface area contributed by atoms with E-state index < -0.39 is 5.97 Å². The van der Waals surface area contributed by atoms with Crippen LogP contribution in [0.2, 0.25) is 0 Å². The van der Waals surface area contributed by atoms with E-state index in [2.05, 4.69) is 31.0 Å². The van der Waals surface area contributed by atoms with Gasteiger partial charge in [0.1, 0.15) is 0 Å². The maximum atomic E-state index is 12.6. The van der Waals surface area contributed by atoms with Crippen molar-refractivity contribution in [2.24, 2.45) is 5.92 Å². The standard InChI is InChI=1S/C19H36N4O4/c1-15-6-5-7-23(10-15)19(2,3)14-20-18(26)22-8-9-27-16(12-22)11-21(4)13-17(24)25/h15-16H,5-14H2,1-4H3,(H,20,26)(H,24,25). The summed E-state index contributed by atoms with van der Waals surface area (Å²) in [6.45, 7) is 11.4. The average molecular weight is 385 g/mol. The summed E-state index contributed by atoms with van der Waals surface area (Å²) in [6, 6.07) is -0.0673. The Labute approximate surface area is 162 Å². The topological polar surface area (TPSA) is 85.4 Å². The Morgan fingerprint density at radius 1 is 1.30 bits per heavy atom. The second-order valence-electron chi connectivity index (χ2n) is 8.69. The Morgan fingerprint density at radius 2 is 2.04 bits per heavy atom. The molecule has 2 atom stereocenters. The van der Waals surface area contributed by atoms with Gasteiger partial charge in [-0.2, -0.15) is 0 Å². The van der Waals surface area contributed by atoms with Gasteiger partial charge >= 0.3 is 12.0 Å². The van der Waals surface area contributed by atoms with Gasteiger partial charge in [-0.05, 0) is 46.2 Å².